The van der Waals surface area contributed by atoms with Crippen LogP contribution in [-0.2, 0) is 0 Å². The Bertz CT molecular complexity index is 450. The minimum atomic E-state index is -4.14. The van der Waals surface area contributed by atoms with E-state index in [9.17, 15) is 18.0 Å². The molecule has 0 aliphatic heterocycles. The van der Waals surface area contributed by atoms with E-state index < -0.39 is 18.0 Å². The highest BCUT2D eigenvalue weighted by Gasteiger charge is 2.41. The second-order valence-corrected chi connectivity index (χ2v) is 5.04. The molecule has 1 fully saturated rings. The molecule has 19 heavy (non-hydrogen) atoms. The third kappa shape index (κ3) is 3.65. The van der Waals surface area contributed by atoms with Crippen molar-refractivity contribution in [3.05, 3.63) is 23.1 Å². The molecular formula is C12H13ClF3NO2. The molecular weight excluding hydrogens is 283 g/mol. The number of amides is 1. The van der Waals surface area contributed by atoms with Gasteiger partial charge in [0.25, 0.3) is 5.91 Å². The summed E-state index contributed by atoms with van der Waals surface area (Å²) in [5.41, 5.74) is 0. The SMILES string of the molecule is O=C(NC1CCC(C(F)(F)F)CC1)c1ccc(Cl)o1. The summed E-state index contributed by atoms with van der Waals surface area (Å²) in [6.07, 6.45) is -3.39. The van der Waals surface area contributed by atoms with Crippen molar-refractivity contribution < 1.29 is 22.4 Å². The fourth-order valence-electron chi connectivity index (χ4n) is 2.26. The smallest absolute Gasteiger partial charge is 0.391 e. The van der Waals surface area contributed by atoms with Gasteiger partial charge in [0.15, 0.2) is 11.0 Å². The lowest BCUT2D eigenvalue weighted by Gasteiger charge is -2.30. The first kappa shape index (κ1) is 14.2. The van der Waals surface area contributed by atoms with Crippen molar-refractivity contribution in [3.8, 4) is 0 Å². The fraction of sp³-hybridized carbons (Fsp3) is 0.583. The number of hydrogen-bond donors (Lipinski definition) is 1. The number of hydrogen-bond acceptors (Lipinski definition) is 2. The molecule has 0 saturated heterocycles. The van der Waals surface area contributed by atoms with Crippen LogP contribution in [-0.4, -0.2) is 18.1 Å². The largest absolute Gasteiger partial charge is 0.440 e. The van der Waals surface area contributed by atoms with Crippen molar-refractivity contribution in [2.75, 3.05) is 0 Å². The molecule has 1 amide bonds. The molecule has 0 atom stereocenters. The van der Waals surface area contributed by atoms with Gasteiger partial charge in [-0.25, -0.2) is 0 Å². The molecule has 0 aromatic carbocycles. The molecule has 1 aliphatic carbocycles. The van der Waals surface area contributed by atoms with Crippen LogP contribution in [0.3, 0.4) is 0 Å². The van der Waals surface area contributed by atoms with Gasteiger partial charge in [0.2, 0.25) is 0 Å². The van der Waals surface area contributed by atoms with Crippen molar-refractivity contribution in [3.63, 3.8) is 0 Å². The molecule has 7 heteroatoms. The molecule has 0 bridgehead atoms. The fourth-order valence-corrected chi connectivity index (χ4v) is 2.40. The first-order valence-electron chi connectivity index (χ1n) is 5.99. The van der Waals surface area contributed by atoms with Crippen molar-refractivity contribution in [2.24, 2.45) is 5.92 Å². The Morgan fingerprint density at radius 3 is 2.37 bits per heavy atom. The number of nitrogens with one attached hydrogen (secondary N) is 1. The highest BCUT2D eigenvalue weighted by molar-refractivity contribution is 6.29. The van der Waals surface area contributed by atoms with E-state index in [1.807, 2.05) is 0 Å². The van der Waals surface area contributed by atoms with Gasteiger partial charge in [-0.3, -0.25) is 4.79 Å². The van der Waals surface area contributed by atoms with E-state index >= 15 is 0 Å². The quantitative estimate of drug-likeness (QED) is 0.902. The number of carbonyl (C=O) groups is 1. The summed E-state index contributed by atoms with van der Waals surface area (Å²) < 4.78 is 42.4. The van der Waals surface area contributed by atoms with Crippen LogP contribution in [0.5, 0.6) is 0 Å². The molecule has 0 unspecified atom stereocenters. The Labute approximate surface area is 113 Å². The standard InChI is InChI=1S/C12H13ClF3NO2/c13-10-6-5-9(19-10)11(18)17-8-3-1-7(2-4-8)12(14,15)16/h5-8H,1-4H2,(H,17,18). The third-order valence-electron chi connectivity index (χ3n) is 3.32. The van der Waals surface area contributed by atoms with Crippen LogP contribution < -0.4 is 5.32 Å². The Hall–Kier alpha value is -1.17. The number of rotatable bonds is 2. The summed E-state index contributed by atoms with van der Waals surface area (Å²) in [4.78, 5) is 11.7. The first-order chi connectivity index (χ1) is 8.86. The molecule has 1 saturated carbocycles. The summed E-state index contributed by atoms with van der Waals surface area (Å²) >= 11 is 5.54. The average Bonchev–Trinajstić information content (AvgIpc) is 2.75. The van der Waals surface area contributed by atoms with Gasteiger partial charge in [-0.05, 0) is 49.4 Å². The van der Waals surface area contributed by atoms with E-state index in [0.29, 0.717) is 12.8 Å². The molecule has 0 spiro atoms. The number of alkyl halides is 3. The van der Waals surface area contributed by atoms with E-state index in [-0.39, 0.29) is 29.9 Å². The summed E-state index contributed by atoms with van der Waals surface area (Å²) in [6, 6.07) is 2.63. The van der Waals surface area contributed by atoms with Gasteiger partial charge in [0.1, 0.15) is 0 Å². The van der Waals surface area contributed by atoms with Gasteiger partial charge < -0.3 is 9.73 Å². The van der Waals surface area contributed by atoms with E-state index in [0.717, 1.165) is 0 Å². The first-order valence-corrected chi connectivity index (χ1v) is 6.37. The lowest BCUT2D eigenvalue weighted by Crippen LogP contribution is -2.39. The summed E-state index contributed by atoms with van der Waals surface area (Å²) in [5.74, 6) is -1.62. The Morgan fingerprint density at radius 2 is 1.89 bits per heavy atom. The predicted octanol–water partition coefficient (Wildman–Crippen LogP) is 3.78. The minimum absolute atomic E-state index is 0.0490. The molecule has 1 aromatic heterocycles. The molecule has 3 nitrogen and oxygen atoms in total. The van der Waals surface area contributed by atoms with Crippen LogP contribution in [0.15, 0.2) is 16.5 Å². The lowest BCUT2D eigenvalue weighted by molar-refractivity contribution is -0.182. The molecule has 0 radical (unpaired) electrons. The highest BCUT2D eigenvalue weighted by Crippen LogP contribution is 2.37. The van der Waals surface area contributed by atoms with Crippen molar-refractivity contribution >= 4 is 17.5 Å². The third-order valence-corrected chi connectivity index (χ3v) is 3.53. The van der Waals surface area contributed by atoms with Crippen molar-refractivity contribution in [1.82, 2.24) is 5.32 Å². The van der Waals surface area contributed by atoms with Crippen LogP contribution in [0, 0.1) is 5.92 Å². The van der Waals surface area contributed by atoms with Crippen LogP contribution in [0.2, 0.25) is 5.22 Å². The number of halogens is 4. The Kier molecular flexibility index (Phi) is 4.08. The molecule has 1 heterocycles. The second kappa shape index (κ2) is 5.45. The zero-order valence-electron chi connectivity index (χ0n) is 9.97. The highest BCUT2D eigenvalue weighted by atomic mass is 35.5. The zero-order valence-corrected chi connectivity index (χ0v) is 10.7. The van der Waals surface area contributed by atoms with E-state index in [1.165, 1.54) is 12.1 Å². The number of carbonyl (C=O) groups excluding carboxylic acids is 1. The summed E-state index contributed by atoms with van der Waals surface area (Å²) in [6.45, 7) is 0. The predicted molar refractivity (Wildman–Crippen MR) is 63.0 cm³/mol. The second-order valence-electron chi connectivity index (χ2n) is 4.67. The maximum absolute atomic E-state index is 12.5. The van der Waals surface area contributed by atoms with E-state index in [1.54, 1.807) is 0 Å². The van der Waals surface area contributed by atoms with Crippen LogP contribution in [0.1, 0.15) is 36.2 Å². The van der Waals surface area contributed by atoms with Gasteiger partial charge in [0, 0.05) is 6.04 Å². The van der Waals surface area contributed by atoms with Crippen LogP contribution in [0.25, 0.3) is 0 Å². The Balaban J connectivity index is 1.84. The maximum Gasteiger partial charge on any atom is 0.391 e. The maximum atomic E-state index is 12.5. The minimum Gasteiger partial charge on any atom is -0.440 e. The van der Waals surface area contributed by atoms with Crippen LogP contribution in [0.4, 0.5) is 13.2 Å². The monoisotopic (exact) mass is 295 g/mol. The van der Waals surface area contributed by atoms with Gasteiger partial charge in [0.05, 0.1) is 5.92 Å². The zero-order chi connectivity index (χ0) is 14.0. The van der Waals surface area contributed by atoms with Gasteiger partial charge in [-0.2, -0.15) is 13.2 Å². The van der Waals surface area contributed by atoms with E-state index in [4.69, 9.17) is 16.0 Å². The van der Waals surface area contributed by atoms with E-state index in [2.05, 4.69) is 5.32 Å². The van der Waals surface area contributed by atoms with Crippen molar-refractivity contribution in [1.29, 1.82) is 0 Å². The molecule has 1 aliphatic rings. The molecule has 1 aromatic rings. The van der Waals surface area contributed by atoms with Gasteiger partial charge in [-0.1, -0.05) is 0 Å². The van der Waals surface area contributed by atoms with Crippen molar-refractivity contribution in [2.45, 2.75) is 37.9 Å². The number of furan rings is 1. The summed E-state index contributed by atoms with van der Waals surface area (Å²) in [7, 11) is 0. The van der Waals surface area contributed by atoms with Gasteiger partial charge in [-0.15, -0.1) is 0 Å². The molecule has 2 rings (SSSR count). The van der Waals surface area contributed by atoms with Gasteiger partial charge >= 0.3 is 6.18 Å². The average molecular weight is 296 g/mol. The summed E-state index contributed by atoms with van der Waals surface area (Å²) in [5, 5.41) is 2.76. The lowest BCUT2D eigenvalue weighted by atomic mass is 9.85. The Morgan fingerprint density at radius 1 is 1.26 bits per heavy atom. The normalized spacial score (nSPS) is 24.2. The molecule has 1 N–H and O–H groups in total. The molecule has 106 valence electrons. The van der Waals surface area contributed by atoms with Crippen LogP contribution >= 0.6 is 11.6 Å². The topological polar surface area (TPSA) is 42.2 Å².